The van der Waals surface area contributed by atoms with Gasteiger partial charge in [0.2, 0.25) is 0 Å². The fourth-order valence-electron chi connectivity index (χ4n) is 3.77. The molecule has 2 N–H and O–H groups in total. The number of nitro benzene ring substituents is 1. The van der Waals surface area contributed by atoms with Crippen LogP contribution in [0.25, 0.3) is 0 Å². The monoisotopic (exact) mass is 397 g/mol. The minimum atomic E-state index is -0.804. The number of hydrogen-bond acceptors (Lipinski definition) is 5. The quantitative estimate of drug-likeness (QED) is 0.361. The van der Waals surface area contributed by atoms with Crippen molar-refractivity contribution in [3.05, 3.63) is 69.8 Å². The first-order valence-corrected chi connectivity index (χ1v) is 10.0. The number of nitro groups is 1. The minimum Gasteiger partial charge on any atom is -0.481 e. The predicted octanol–water partition coefficient (Wildman–Crippen LogP) is 3.62. The Balaban J connectivity index is 1.54. The average molecular weight is 397 g/mol. The fraction of sp³-hybridized carbons (Fsp3) is 0.409. The van der Waals surface area contributed by atoms with Crippen LogP contribution in [0.3, 0.4) is 0 Å². The number of benzene rings is 2. The Hall–Kier alpha value is -2.93. The van der Waals surface area contributed by atoms with Crippen LogP contribution in [0.5, 0.6) is 0 Å². The van der Waals surface area contributed by atoms with Gasteiger partial charge in [-0.05, 0) is 49.4 Å². The topological polar surface area (TPSA) is 95.7 Å². The molecular weight excluding hydrogens is 370 g/mol. The molecule has 0 aliphatic carbocycles. The van der Waals surface area contributed by atoms with E-state index in [9.17, 15) is 20.0 Å². The largest absolute Gasteiger partial charge is 0.481 e. The normalized spacial score (nSPS) is 14.7. The zero-order chi connectivity index (χ0) is 20.6. The molecule has 0 spiro atoms. The number of aliphatic carboxylic acids is 1. The first kappa shape index (κ1) is 20.8. The van der Waals surface area contributed by atoms with Gasteiger partial charge in [-0.1, -0.05) is 36.4 Å². The number of carboxylic acids is 1. The summed E-state index contributed by atoms with van der Waals surface area (Å²) in [5, 5.41) is 24.2. The second-order valence-electron chi connectivity index (χ2n) is 7.46. The van der Waals surface area contributed by atoms with Crippen LogP contribution in [-0.2, 0) is 17.8 Å². The molecule has 7 heteroatoms. The van der Waals surface area contributed by atoms with Gasteiger partial charge >= 0.3 is 5.97 Å². The number of nitrogens with zero attached hydrogens (tertiary/aromatic N) is 2. The van der Waals surface area contributed by atoms with E-state index in [1.54, 1.807) is 6.07 Å². The van der Waals surface area contributed by atoms with E-state index in [0.717, 1.165) is 37.1 Å². The minimum absolute atomic E-state index is 0.138. The zero-order valence-corrected chi connectivity index (χ0v) is 16.4. The Labute approximate surface area is 170 Å². The first-order chi connectivity index (χ1) is 14.0. The van der Waals surface area contributed by atoms with Crippen LogP contribution >= 0.6 is 0 Å². The molecule has 2 aromatic rings. The molecule has 0 aromatic heterocycles. The van der Waals surface area contributed by atoms with Crippen LogP contribution in [-0.4, -0.2) is 35.6 Å². The van der Waals surface area contributed by atoms with E-state index in [-0.39, 0.29) is 10.6 Å². The molecule has 3 rings (SSSR count). The maximum atomic E-state index is 11.5. The molecule has 0 bridgehead atoms. The van der Waals surface area contributed by atoms with Crippen molar-refractivity contribution in [3.63, 3.8) is 0 Å². The van der Waals surface area contributed by atoms with E-state index in [1.807, 2.05) is 42.5 Å². The van der Waals surface area contributed by atoms with Crippen LogP contribution < -0.4 is 10.2 Å². The molecule has 29 heavy (non-hydrogen) atoms. The van der Waals surface area contributed by atoms with Gasteiger partial charge < -0.3 is 15.3 Å². The zero-order valence-electron chi connectivity index (χ0n) is 16.4. The van der Waals surface area contributed by atoms with Gasteiger partial charge in [0.1, 0.15) is 5.69 Å². The summed E-state index contributed by atoms with van der Waals surface area (Å²) in [6.45, 7) is 2.72. The van der Waals surface area contributed by atoms with E-state index in [4.69, 9.17) is 0 Å². The molecule has 1 fully saturated rings. The van der Waals surface area contributed by atoms with Crippen LogP contribution in [0, 0.1) is 16.0 Å². The molecule has 1 aliphatic rings. The smallest absolute Gasteiger partial charge is 0.306 e. The average Bonchev–Trinajstić information content (AvgIpc) is 3.25. The van der Waals surface area contributed by atoms with Crippen LogP contribution in [0.15, 0.2) is 48.5 Å². The van der Waals surface area contributed by atoms with Gasteiger partial charge in [-0.3, -0.25) is 14.9 Å². The summed E-state index contributed by atoms with van der Waals surface area (Å²) in [6.07, 6.45) is 3.12. The van der Waals surface area contributed by atoms with Crippen LogP contribution in [0.2, 0.25) is 0 Å². The molecule has 1 heterocycles. The highest BCUT2D eigenvalue weighted by molar-refractivity contribution is 5.70. The lowest BCUT2D eigenvalue weighted by Crippen LogP contribution is -2.24. The Morgan fingerprint density at radius 3 is 2.52 bits per heavy atom. The molecule has 1 unspecified atom stereocenters. The van der Waals surface area contributed by atoms with E-state index in [0.29, 0.717) is 31.6 Å². The second-order valence-corrected chi connectivity index (χ2v) is 7.46. The van der Waals surface area contributed by atoms with E-state index in [1.165, 1.54) is 0 Å². The van der Waals surface area contributed by atoms with Crippen molar-refractivity contribution in [2.45, 2.75) is 32.2 Å². The molecule has 7 nitrogen and oxygen atoms in total. The summed E-state index contributed by atoms with van der Waals surface area (Å²) in [5.41, 5.74) is 2.66. The predicted molar refractivity (Wildman–Crippen MR) is 112 cm³/mol. The number of rotatable bonds is 10. The van der Waals surface area contributed by atoms with Crippen molar-refractivity contribution in [3.8, 4) is 0 Å². The number of anilines is 1. The van der Waals surface area contributed by atoms with Crippen molar-refractivity contribution in [1.82, 2.24) is 5.32 Å². The third-order valence-electron chi connectivity index (χ3n) is 5.36. The summed E-state index contributed by atoms with van der Waals surface area (Å²) in [6, 6.07) is 15.0. The summed E-state index contributed by atoms with van der Waals surface area (Å²) >= 11 is 0. The fourth-order valence-corrected chi connectivity index (χ4v) is 3.77. The molecule has 1 saturated heterocycles. The summed E-state index contributed by atoms with van der Waals surface area (Å²) in [4.78, 5) is 24.8. The number of hydrogen-bond donors (Lipinski definition) is 2. The van der Waals surface area contributed by atoms with Gasteiger partial charge in [-0.15, -0.1) is 0 Å². The molecule has 0 amide bonds. The Morgan fingerprint density at radius 2 is 1.86 bits per heavy atom. The first-order valence-electron chi connectivity index (χ1n) is 10.0. The maximum absolute atomic E-state index is 11.5. The molecule has 1 atom stereocenters. The standard InChI is InChI=1S/C22H27N3O4/c26-22(27)19(14-17-6-2-1-3-7-17)10-11-23-16-18-8-9-20(21(15-18)25(28)29)24-12-4-5-13-24/h1-3,6-9,15,19,23H,4-5,10-14,16H2,(H,26,27). The van der Waals surface area contributed by atoms with Gasteiger partial charge in [0.15, 0.2) is 0 Å². The lowest BCUT2D eigenvalue weighted by atomic mass is 9.96. The highest BCUT2D eigenvalue weighted by Gasteiger charge is 2.22. The maximum Gasteiger partial charge on any atom is 0.306 e. The third-order valence-corrected chi connectivity index (χ3v) is 5.36. The number of carboxylic acid groups (broad SMARTS) is 1. The van der Waals surface area contributed by atoms with Crippen molar-refractivity contribution >= 4 is 17.3 Å². The van der Waals surface area contributed by atoms with E-state index < -0.39 is 11.9 Å². The van der Waals surface area contributed by atoms with Crippen LogP contribution in [0.4, 0.5) is 11.4 Å². The molecule has 154 valence electrons. The molecule has 1 aliphatic heterocycles. The summed E-state index contributed by atoms with van der Waals surface area (Å²) in [7, 11) is 0. The highest BCUT2D eigenvalue weighted by Crippen LogP contribution is 2.31. The summed E-state index contributed by atoms with van der Waals surface area (Å²) in [5.74, 6) is -1.27. The van der Waals surface area contributed by atoms with Crippen molar-refractivity contribution in [2.24, 2.45) is 5.92 Å². The Morgan fingerprint density at radius 1 is 1.14 bits per heavy atom. The highest BCUT2D eigenvalue weighted by atomic mass is 16.6. The van der Waals surface area contributed by atoms with E-state index in [2.05, 4.69) is 10.2 Å². The van der Waals surface area contributed by atoms with Gasteiger partial charge in [0, 0.05) is 25.7 Å². The Kier molecular flexibility index (Phi) is 7.19. The Bertz CT molecular complexity index is 835. The van der Waals surface area contributed by atoms with Gasteiger partial charge in [0.25, 0.3) is 5.69 Å². The molecule has 0 saturated carbocycles. The third kappa shape index (κ3) is 5.77. The molecule has 0 radical (unpaired) electrons. The van der Waals surface area contributed by atoms with E-state index >= 15 is 0 Å². The lowest BCUT2D eigenvalue weighted by Gasteiger charge is -2.18. The van der Waals surface area contributed by atoms with Gasteiger partial charge in [-0.25, -0.2) is 0 Å². The summed E-state index contributed by atoms with van der Waals surface area (Å²) < 4.78 is 0. The van der Waals surface area contributed by atoms with Gasteiger partial charge in [-0.2, -0.15) is 0 Å². The van der Waals surface area contributed by atoms with Crippen molar-refractivity contribution in [2.75, 3.05) is 24.5 Å². The lowest BCUT2D eigenvalue weighted by molar-refractivity contribution is -0.384. The van der Waals surface area contributed by atoms with Gasteiger partial charge in [0.05, 0.1) is 10.8 Å². The van der Waals surface area contributed by atoms with Crippen molar-refractivity contribution < 1.29 is 14.8 Å². The van der Waals surface area contributed by atoms with Crippen LogP contribution in [0.1, 0.15) is 30.4 Å². The van der Waals surface area contributed by atoms with Crippen molar-refractivity contribution in [1.29, 1.82) is 0 Å². The number of nitrogens with one attached hydrogen (secondary N) is 1. The number of carbonyl (C=O) groups is 1. The molecular formula is C22H27N3O4. The SMILES string of the molecule is O=C(O)C(CCNCc1ccc(N2CCCC2)c([N+](=O)[O-])c1)Cc1ccccc1. The second kappa shape index (κ2) is 10.0. The molecule has 2 aromatic carbocycles.